The molecule has 29 heavy (non-hydrogen) atoms. The van der Waals surface area contributed by atoms with Crippen molar-refractivity contribution in [1.82, 2.24) is 15.5 Å². The first-order valence-electron chi connectivity index (χ1n) is 10.3. The predicted octanol–water partition coefficient (Wildman–Crippen LogP) is 0.888. The summed E-state index contributed by atoms with van der Waals surface area (Å²) in [4.78, 5) is 50.2. The smallest absolute Gasteiger partial charge is 0.262 e. The van der Waals surface area contributed by atoms with E-state index in [0.717, 1.165) is 29.6 Å². The highest BCUT2D eigenvalue weighted by molar-refractivity contribution is 6.23. The molecule has 3 N–H and O–H groups in total. The van der Waals surface area contributed by atoms with Gasteiger partial charge in [-0.3, -0.25) is 29.4 Å². The molecule has 0 radical (unpaired) electrons. The lowest BCUT2D eigenvalue weighted by atomic mass is 9.74. The van der Waals surface area contributed by atoms with E-state index in [4.69, 9.17) is 0 Å². The second-order valence-corrected chi connectivity index (χ2v) is 8.54. The molecule has 1 aliphatic carbocycles. The van der Waals surface area contributed by atoms with Gasteiger partial charge in [-0.2, -0.15) is 0 Å². The van der Waals surface area contributed by atoms with Gasteiger partial charge >= 0.3 is 0 Å². The zero-order valence-electron chi connectivity index (χ0n) is 16.1. The second-order valence-electron chi connectivity index (χ2n) is 8.54. The first-order chi connectivity index (χ1) is 14.0. The minimum Gasteiger partial charge on any atom is -0.385 e. The van der Waals surface area contributed by atoms with Crippen molar-refractivity contribution in [3.8, 4) is 0 Å². The van der Waals surface area contributed by atoms with E-state index in [0.29, 0.717) is 23.1 Å². The highest BCUT2D eigenvalue weighted by atomic mass is 16.2. The van der Waals surface area contributed by atoms with Crippen LogP contribution in [0.1, 0.15) is 52.8 Å². The van der Waals surface area contributed by atoms with Gasteiger partial charge in [0.15, 0.2) is 0 Å². The van der Waals surface area contributed by atoms with Gasteiger partial charge in [0.1, 0.15) is 6.04 Å². The van der Waals surface area contributed by atoms with Crippen LogP contribution >= 0.6 is 0 Å². The van der Waals surface area contributed by atoms with Crippen molar-refractivity contribution in [2.24, 2.45) is 11.8 Å². The summed E-state index contributed by atoms with van der Waals surface area (Å²) < 4.78 is 0. The molecule has 1 aromatic rings. The lowest BCUT2D eigenvalue weighted by Crippen LogP contribution is -2.54. The molecule has 3 saturated heterocycles. The number of amides is 4. The van der Waals surface area contributed by atoms with Crippen molar-refractivity contribution in [3.63, 3.8) is 0 Å². The van der Waals surface area contributed by atoms with Crippen LogP contribution in [0, 0.1) is 11.8 Å². The molecule has 1 saturated carbocycles. The number of nitrogens with one attached hydrogen (secondary N) is 3. The Morgan fingerprint density at radius 2 is 1.86 bits per heavy atom. The standard InChI is InChI=1S/C21H24N4O4/c26-18-6-5-17(19(27)24-18)25-20(28)14-3-2-13(8-15(14)21(25)29)22-10-12-7-11-1-4-16(12)23-9-11/h2-3,8,11-12,16-17,22-23H,1,4-7,9-10H2,(H,24,26,27). The zero-order chi connectivity index (χ0) is 20.1. The number of imide groups is 2. The minimum absolute atomic E-state index is 0.119. The highest BCUT2D eigenvalue weighted by Gasteiger charge is 2.44. The van der Waals surface area contributed by atoms with E-state index < -0.39 is 23.8 Å². The average Bonchev–Trinajstić information content (AvgIpc) is 2.98. The fourth-order valence-corrected chi connectivity index (χ4v) is 5.19. The van der Waals surface area contributed by atoms with Gasteiger partial charge in [0, 0.05) is 24.7 Å². The van der Waals surface area contributed by atoms with Crippen LogP contribution in [0.3, 0.4) is 0 Å². The molecule has 0 aromatic heterocycles. The third-order valence-corrected chi connectivity index (χ3v) is 6.77. The number of benzene rings is 1. The fraction of sp³-hybridized carbons (Fsp3) is 0.524. The van der Waals surface area contributed by atoms with Gasteiger partial charge in [0.25, 0.3) is 11.8 Å². The molecule has 5 aliphatic rings. The molecule has 2 bridgehead atoms. The Morgan fingerprint density at radius 3 is 2.55 bits per heavy atom. The summed E-state index contributed by atoms with van der Waals surface area (Å²) in [6.45, 7) is 1.94. The van der Waals surface area contributed by atoms with E-state index in [2.05, 4.69) is 16.0 Å². The summed E-state index contributed by atoms with van der Waals surface area (Å²) in [6, 6.07) is 4.78. The van der Waals surface area contributed by atoms with Crippen LogP contribution in [-0.2, 0) is 9.59 Å². The number of piperidine rings is 3. The first kappa shape index (κ1) is 18.3. The number of nitrogens with zero attached hydrogens (tertiary/aromatic N) is 1. The van der Waals surface area contributed by atoms with Crippen LogP contribution in [0.4, 0.5) is 5.69 Å². The number of rotatable bonds is 4. The SMILES string of the molecule is O=C1CCC(N2C(=O)c3ccc(NCC4CC5CCC4NC5)cc3C2=O)C(=O)N1. The van der Waals surface area contributed by atoms with Gasteiger partial charge in [-0.05, 0) is 62.3 Å². The van der Waals surface area contributed by atoms with Crippen LogP contribution in [0.25, 0.3) is 0 Å². The van der Waals surface area contributed by atoms with Crippen molar-refractivity contribution in [1.29, 1.82) is 0 Å². The first-order valence-corrected chi connectivity index (χ1v) is 10.3. The maximum atomic E-state index is 12.9. The molecule has 4 heterocycles. The van der Waals surface area contributed by atoms with Gasteiger partial charge < -0.3 is 10.6 Å². The maximum absolute atomic E-state index is 12.9. The number of anilines is 1. The van der Waals surface area contributed by atoms with E-state index in [1.54, 1.807) is 12.1 Å². The molecule has 8 nitrogen and oxygen atoms in total. The van der Waals surface area contributed by atoms with Crippen LogP contribution < -0.4 is 16.0 Å². The van der Waals surface area contributed by atoms with E-state index in [1.165, 1.54) is 19.3 Å². The number of fused-ring (bicyclic) bond motifs is 4. The molecule has 1 aromatic carbocycles. The molecule has 4 fully saturated rings. The van der Waals surface area contributed by atoms with Gasteiger partial charge in [0.05, 0.1) is 11.1 Å². The third kappa shape index (κ3) is 3.11. The summed E-state index contributed by atoms with van der Waals surface area (Å²) in [5, 5.41) is 9.24. The Labute approximate surface area is 168 Å². The number of carbonyl (C=O) groups excluding carboxylic acids is 4. The Balaban J connectivity index is 1.30. The molecule has 6 rings (SSSR count). The Kier molecular flexibility index (Phi) is 4.38. The molecule has 0 spiro atoms. The molecule has 152 valence electrons. The summed E-state index contributed by atoms with van der Waals surface area (Å²) in [6.07, 6.45) is 4.03. The quantitative estimate of drug-likeness (QED) is 0.653. The van der Waals surface area contributed by atoms with Crippen LogP contribution in [-0.4, -0.2) is 53.7 Å². The number of hydrogen-bond acceptors (Lipinski definition) is 6. The van der Waals surface area contributed by atoms with Crippen molar-refractivity contribution in [2.75, 3.05) is 18.4 Å². The molecule has 4 amide bonds. The van der Waals surface area contributed by atoms with Crippen molar-refractivity contribution in [2.45, 2.75) is 44.2 Å². The third-order valence-electron chi connectivity index (χ3n) is 6.77. The minimum atomic E-state index is -0.930. The van der Waals surface area contributed by atoms with Crippen molar-refractivity contribution < 1.29 is 19.2 Å². The second kappa shape index (κ2) is 6.95. The Bertz CT molecular complexity index is 906. The molecule has 4 aliphatic heterocycles. The molecule has 4 unspecified atom stereocenters. The largest absolute Gasteiger partial charge is 0.385 e. The summed E-state index contributed by atoms with van der Waals surface area (Å²) in [5.74, 6) is -0.586. The van der Waals surface area contributed by atoms with Crippen LogP contribution in [0.15, 0.2) is 18.2 Å². The zero-order valence-corrected chi connectivity index (χ0v) is 16.1. The summed E-state index contributed by atoms with van der Waals surface area (Å²) in [7, 11) is 0. The summed E-state index contributed by atoms with van der Waals surface area (Å²) in [5.41, 5.74) is 1.42. The molecule has 8 heteroatoms. The molecular weight excluding hydrogens is 372 g/mol. The van der Waals surface area contributed by atoms with Gasteiger partial charge in [-0.15, -0.1) is 0 Å². The van der Waals surface area contributed by atoms with E-state index in [-0.39, 0.29) is 18.7 Å². The van der Waals surface area contributed by atoms with Gasteiger partial charge in [-0.25, -0.2) is 0 Å². The highest BCUT2D eigenvalue weighted by Crippen LogP contribution is 2.34. The summed E-state index contributed by atoms with van der Waals surface area (Å²) >= 11 is 0. The van der Waals surface area contributed by atoms with Crippen molar-refractivity contribution in [3.05, 3.63) is 29.3 Å². The maximum Gasteiger partial charge on any atom is 0.262 e. The van der Waals surface area contributed by atoms with Crippen LogP contribution in [0.2, 0.25) is 0 Å². The number of hydrogen-bond donors (Lipinski definition) is 3. The average molecular weight is 396 g/mol. The monoisotopic (exact) mass is 396 g/mol. The van der Waals surface area contributed by atoms with Gasteiger partial charge in [-0.1, -0.05) is 0 Å². The Morgan fingerprint density at radius 1 is 1.03 bits per heavy atom. The lowest BCUT2D eigenvalue weighted by molar-refractivity contribution is -0.136. The molecule has 4 atom stereocenters. The van der Waals surface area contributed by atoms with Crippen molar-refractivity contribution >= 4 is 29.3 Å². The topological polar surface area (TPSA) is 108 Å². The normalized spacial score (nSPS) is 31.1. The van der Waals surface area contributed by atoms with Crippen LogP contribution in [0.5, 0.6) is 0 Å². The van der Waals surface area contributed by atoms with E-state index in [9.17, 15) is 19.2 Å². The predicted molar refractivity (Wildman–Crippen MR) is 104 cm³/mol. The fourth-order valence-electron chi connectivity index (χ4n) is 5.19. The Hall–Kier alpha value is -2.74. The van der Waals surface area contributed by atoms with E-state index in [1.807, 2.05) is 6.07 Å². The lowest BCUT2D eigenvalue weighted by Gasteiger charge is -2.43. The molecular formula is C21H24N4O4. The van der Waals surface area contributed by atoms with E-state index >= 15 is 0 Å². The number of carbonyl (C=O) groups is 4. The van der Waals surface area contributed by atoms with Gasteiger partial charge in [0.2, 0.25) is 11.8 Å².